The first-order chi connectivity index (χ1) is 8.12. The highest BCUT2D eigenvalue weighted by molar-refractivity contribution is 7.87. The summed E-state index contributed by atoms with van der Waals surface area (Å²) in [5.41, 5.74) is -0.619. The zero-order valence-corrected chi connectivity index (χ0v) is 11.7. The lowest BCUT2D eigenvalue weighted by Gasteiger charge is -2.30. The van der Waals surface area contributed by atoms with Gasteiger partial charge in [0, 0.05) is 13.1 Å². The van der Waals surface area contributed by atoms with E-state index >= 15 is 0 Å². The van der Waals surface area contributed by atoms with E-state index in [-0.39, 0.29) is 13.1 Å². The van der Waals surface area contributed by atoms with Gasteiger partial charge in [-0.05, 0) is 33.6 Å². The van der Waals surface area contributed by atoms with Gasteiger partial charge in [-0.25, -0.2) is 0 Å². The van der Waals surface area contributed by atoms with Gasteiger partial charge in [-0.1, -0.05) is 4.89 Å². The molecule has 0 aromatic rings. The van der Waals surface area contributed by atoms with E-state index in [1.807, 2.05) is 0 Å². The Hall–Kier alpha value is -0.700. The van der Waals surface area contributed by atoms with E-state index in [9.17, 15) is 13.2 Å². The lowest BCUT2D eigenvalue weighted by atomic mass is 9.99. The number of carboxylic acids is 1. The number of hydrogen-bond donors (Lipinski definition) is 2. The first-order valence-corrected chi connectivity index (χ1v) is 7.23. The van der Waals surface area contributed by atoms with Crippen molar-refractivity contribution in [2.45, 2.75) is 39.2 Å². The number of nitrogens with one attached hydrogen (secondary N) is 1. The summed E-state index contributed by atoms with van der Waals surface area (Å²) in [6.07, 6.45) is 0.650. The van der Waals surface area contributed by atoms with E-state index in [2.05, 4.69) is 4.89 Å². The molecule has 0 unspecified atom stereocenters. The van der Waals surface area contributed by atoms with Crippen LogP contribution in [-0.2, 0) is 19.8 Å². The van der Waals surface area contributed by atoms with E-state index in [1.165, 1.54) is 4.31 Å². The summed E-state index contributed by atoms with van der Waals surface area (Å²) in [4.78, 5) is 17.8. The number of hydrogen-bond acceptors (Lipinski definition) is 4. The molecule has 0 spiro atoms. The zero-order valence-electron chi connectivity index (χ0n) is 10.8. The number of rotatable bonds is 4. The predicted molar refractivity (Wildman–Crippen MR) is 64.8 cm³/mol. The molecule has 1 heterocycles. The lowest BCUT2D eigenvalue weighted by molar-refractivity contribution is -0.142. The van der Waals surface area contributed by atoms with Crippen molar-refractivity contribution in [3.05, 3.63) is 0 Å². The van der Waals surface area contributed by atoms with Crippen molar-refractivity contribution < 1.29 is 23.2 Å². The van der Waals surface area contributed by atoms with Gasteiger partial charge in [0.2, 0.25) is 0 Å². The summed E-state index contributed by atoms with van der Waals surface area (Å²) in [6, 6.07) is 0. The molecule has 18 heavy (non-hydrogen) atoms. The van der Waals surface area contributed by atoms with E-state index in [4.69, 9.17) is 9.94 Å². The molecule has 1 aliphatic rings. The van der Waals surface area contributed by atoms with Crippen LogP contribution in [0, 0.1) is 5.92 Å². The maximum absolute atomic E-state index is 11.9. The van der Waals surface area contributed by atoms with Crippen molar-refractivity contribution in [3.8, 4) is 0 Å². The second kappa shape index (κ2) is 5.52. The maximum atomic E-state index is 11.9. The van der Waals surface area contributed by atoms with Crippen molar-refractivity contribution in [3.63, 3.8) is 0 Å². The maximum Gasteiger partial charge on any atom is 0.306 e. The Kier molecular flexibility index (Phi) is 4.71. The molecule has 8 heteroatoms. The Morgan fingerprint density at radius 1 is 1.33 bits per heavy atom. The number of carbonyl (C=O) groups is 1. The average Bonchev–Trinajstić information content (AvgIpc) is 2.26. The van der Waals surface area contributed by atoms with Crippen LogP contribution >= 0.6 is 0 Å². The normalized spacial score (nSPS) is 19.9. The van der Waals surface area contributed by atoms with Crippen LogP contribution in [-0.4, -0.2) is 42.5 Å². The molecule has 0 radical (unpaired) electrons. The fraction of sp³-hybridized carbons (Fsp3) is 0.900. The molecule has 0 atom stereocenters. The van der Waals surface area contributed by atoms with Gasteiger partial charge < -0.3 is 5.11 Å². The largest absolute Gasteiger partial charge is 0.481 e. The van der Waals surface area contributed by atoms with E-state index in [0.29, 0.717) is 12.8 Å². The summed E-state index contributed by atoms with van der Waals surface area (Å²) >= 11 is 0. The van der Waals surface area contributed by atoms with Gasteiger partial charge in [0.1, 0.15) is 0 Å². The molecule has 2 N–H and O–H groups in total. The number of nitrogens with zero attached hydrogens (tertiary/aromatic N) is 1. The van der Waals surface area contributed by atoms with Crippen LogP contribution < -0.4 is 4.89 Å². The topological polar surface area (TPSA) is 95.9 Å². The zero-order chi connectivity index (χ0) is 14.0. The van der Waals surface area contributed by atoms with Gasteiger partial charge in [-0.15, -0.1) is 0 Å². The molecule has 0 saturated carbocycles. The SMILES string of the molecule is CC(C)(C)ONS(=O)(=O)N1CCC(C(=O)O)CC1. The molecule has 0 aliphatic carbocycles. The minimum Gasteiger partial charge on any atom is -0.481 e. The standard InChI is InChI=1S/C10H20N2O5S/c1-10(2,3)17-11-18(15,16)12-6-4-8(5-7-12)9(13)14/h8,11H,4-7H2,1-3H3,(H,13,14). The van der Waals surface area contributed by atoms with E-state index in [1.54, 1.807) is 20.8 Å². The van der Waals surface area contributed by atoms with Crippen LogP contribution in [0.1, 0.15) is 33.6 Å². The van der Waals surface area contributed by atoms with Crippen molar-refractivity contribution in [2.75, 3.05) is 13.1 Å². The second-order valence-corrected chi connectivity index (χ2v) is 6.95. The number of carboxylic acid groups (broad SMARTS) is 1. The summed E-state index contributed by atoms with van der Waals surface area (Å²) < 4.78 is 24.9. The highest BCUT2D eigenvalue weighted by Crippen LogP contribution is 2.19. The molecule has 0 amide bonds. The number of piperidine rings is 1. The van der Waals surface area contributed by atoms with Crippen molar-refractivity contribution in [2.24, 2.45) is 5.92 Å². The summed E-state index contributed by atoms with van der Waals surface area (Å²) in [5.74, 6) is -1.33. The molecule has 7 nitrogen and oxygen atoms in total. The Bertz CT molecular complexity index is 393. The van der Waals surface area contributed by atoms with Crippen LogP contribution in [0.15, 0.2) is 0 Å². The third-order valence-corrected chi connectivity index (χ3v) is 3.94. The van der Waals surface area contributed by atoms with Gasteiger partial charge in [-0.3, -0.25) is 9.63 Å². The quantitative estimate of drug-likeness (QED) is 0.724. The lowest BCUT2D eigenvalue weighted by Crippen LogP contribution is -2.47. The molecule has 0 bridgehead atoms. The minimum absolute atomic E-state index is 0.194. The Morgan fingerprint density at radius 2 is 1.83 bits per heavy atom. The highest BCUT2D eigenvalue weighted by atomic mass is 32.2. The fourth-order valence-electron chi connectivity index (χ4n) is 1.57. The summed E-state index contributed by atoms with van der Waals surface area (Å²) in [7, 11) is -3.70. The summed E-state index contributed by atoms with van der Waals surface area (Å²) in [6.45, 7) is 5.57. The minimum atomic E-state index is -3.70. The van der Waals surface area contributed by atoms with Crippen molar-refractivity contribution in [1.29, 1.82) is 0 Å². The molecule has 106 valence electrons. The first-order valence-electron chi connectivity index (χ1n) is 5.79. The molecule has 1 saturated heterocycles. The second-order valence-electron chi connectivity index (χ2n) is 5.31. The van der Waals surface area contributed by atoms with Crippen LogP contribution in [0.3, 0.4) is 0 Å². The van der Waals surface area contributed by atoms with Gasteiger partial charge >= 0.3 is 16.2 Å². The summed E-state index contributed by atoms with van der Waals surface area (Å²) in [5, 5.41) is 8.83. The van der Waals surface area contributed by atoms with Gasteiger partial charge in [0.25, 0.3) is 0 Å². The van der Waals surface area contributed by atoms with E-state index < -0.39 is 27.7 Å². The molecule has 1 fully saturated rings. The van der Waals surface area contributed by atoms with Crippen LogP contribution in [0.2, 0.25) is 0 Å². The van der Waals surface area contributed by atoms with Crippen molar-refractivity contribution >= 4 is 16.2 Å². The third kappa shape index (κ3) is 4.52. The molecular weight excluding hydrogens is 260 g/mol. The highest BCUT2D eigenvalue weighted by Gasteiger charge is 2.31. The third-order valence-electron chi connectivity index (χ3n) is 2.60. The Morgan fingerprint density at radius 3 is 2.22 bits per heavy atom. The van der Waals surface area contributed by atoms with Crippen LogP contribution in [0.5, 0.6) is 0 Å². The monoisotopic (exact) mass is 280 g/mol. The molecule has 1 aliphatic heterocycles. The van der Waals surface area contributed by atoms with Gasteiger partial charge in [-0.2, -0.15) is 12.7 Å². The fourth-order valence-corrected chi connectivity index (χ4v) is 2.73. The van der Waals surface area contributed by atoms with Gasteiger partial charge in [0.05, 0.1) is 11.5 Å². The molecule has 0 aromatic carbocycles. The molecule has 1 rings (SSSR count). The van der Waals surface area contributed by atoms with E-state index in [0.717, 1.165) is 0 Å². The smallest absolute Gasteiger partial charge is 0.306 e. The molecular formula is C10H20N2O5S. The first kappa shape index (κ1) is 15.4. The Labute approximate surface area is 107 Å². The van der Waals surface area contributed by atoms with Crippen LogP contribution in [0.4, 0.5) is 0 Å². The average molecular weight is 280 g/mol. The number of aliphatic carboxylic acids is 1. The predicted octanol–water partition coefficient (Wildman–Crippen LogP) is 0.348. The molecule has 0 aromatic heterocycles. The van der Waals surface area contributed by atoms with Crippen molar-refractivity contribution in [1.82, 2.24) is 9.19 Å². The van der Waals surface area contributed by atoms with Crippen LogP contribution in [0.25, 0.3) is 0 Å². The van der Waals surface area contributed by atoms with Gasteiger partial charge in [0.15, 0.2) is 0 Å². The Balaban J connectivity index is 2.53.